The minimum atomic E-state index is -3.62. The van der Waals surface area contributed by atoms with Crippen molar-refractivity contribution < 1.29 is 13.2 Å². The minimum absolute atomic E-state index is 0.0241. The lowest BCUT2D eigenvalue weighted by Gasteiger charge is -2.34. The van der Waals surface area contributed by atoms with Crippen LogP contribution in [0.25, 0.3) is 11.0 Å². The summed E-state index contributed by atoms with van der Waals surface area (Å²) in [5, 5.41) is 10.0. The third kappa shape index (κ3) is 4.98. The van der Waals surface area contributed by atoms with Gasteiger partial charge >= 0.3 is 0 Å². The Morgan fingerprint density at radius 1 is 1.03 bits per heavy atom. The molecule has 1 fully saturated rings. The van der Waals surface area contributed by atoms with Crippen LogP contribution in [0.4, 0.5) is 28.8 Å². The van der Waals surface area contributed by atoms with E-state index in [1.165, 1.54) is 4.68 Å². The number of aromatic nitrogens is 5. The van der Waals surface area contributed by atoms with Gasteiger partial charge in [-0.2, -0.15) is 10.1 Å². The first-order valence-electron chi connectivity index (χ1n) is 12.4. The monoisotopic (exact) mass is 539 g/mol. The van der Waals surface area contributed by atoms with Gasteiger partial charge in [0.25, 0.3) is 0 Å². The number of hydrogen-bond acceptors (Lipinski definition) is 10. The molecule has 1 aliphatic rings. The number of aromatic amines is 1. The molecule has 0 spiro atoms. The molecule has 4 heterocycles. The first kappa shape index (κ1) is 25.8. The first-order chi connectivity index (χ1) is 18.2. The van der Waals surface area contributed by atoms with Gasteiger partial charge in [-0.15, -0.1) is 0 Å². The lowest BCUT2D eigenvalue weighted by molar-refractivity contribution is 0.312. The Labute approximate surface area is 221 Å². The topological polar surface area (TPSA) is 133 Å². The number of rotatable bonds is 8. The number of aryl methyl sites for hydroxylation is 1. The van der Waals surface area contributed by atoms with E-state index in [9.17, 15) is 8.42 Å². The summed E-state index contributed by atoms with van der Waals surface area (Å²) >= 11 is 0. The molecule has 0 amide bonds. The fraction of sp³-hybridized carbons (Fsp3) is 0.400. The molecule has 13 heteroatoms. The number of anilines is 5. The Bertz CT molecular complexity index is 1550. The second-order valence-electron chi connectivity index (χ2n) is 9.67. The maximum absolute atomic E-state index is 12.9. The molecule has 0 saturated carbocycles. The van der Waals surface area contributed by atoms with Crippen LogP contribution in [-0.4, -0.2) is 83.6 Å². The average Bonchev–Trinajstić information content (AvgIpc) is 3.51. The number of H-pyrrole nitrogens is 1. The Hall–Kier alpha value is -3.84. The Morgan fingerprint density at radius 2 is 1.79 bits per heavy atom. The van der Waals surface area contributed by atoms with E-state index in [4.69, 9.17) is 4.74 Å². The zero-order valence-corrected chi connectivity index (χ0v) is 23.0. The molecule has 202 valence electrons. The molecule has 38 heavy (non-hydrogen) atoms. The Balaban J connectivity index is 1.46. The van der Waals surface area contributed by atoms with Gasteiger partial charge in [0.1, 0.15) is 11.3 Å². The first-order valence-corrected chi connectivity index (χ1v) is 14.0. The molecule has 0 bridgehead atoms. The minimum Gasteiger partial charge on any atom is -0.494 e. The van der Waals surface area contributed by atoms with Gasteiger partial charge in [0.15, 0.2) is 5.82 Å². The molecule has 0 aliphatic carbocycles. The molecule has 4 aromatic rings. The van der Waals surface area contributed by atoms with Gasteiger partial charge < -0.3 is 30.2 Å². The molecule has 1 aromatic carbocycles. The number of benzene rings is 1. The number of hydrogen-bond donors (Lipinski definition) is 3. The van der Waals surface area contributed by atoms with Gasteiger partial charge in [-0.1, -0.05) is 0 Å². The van der Waals surface area contributed by atoms with E-state index in [-0.39, 0.29) is 5.03 Å². The number of nitrogens with one attached hydrogen (secondary N) is 3. The van der Waals surface area contributed by atoms with Crippen molar-refractivity contribution in [1.29, 1.82) is 0 Å². The zero-order valence-electron chi connectivity index (χ0n) is 22.2. The van der Waals surface area contributed by atoms with E-state index in [1.807, 2.05) is 18.2 Å². The molecule has 5 rings (SSSR count). The van der Waals surface area contributed by atoms with Crippen molar-refractivity contribution in [3.8, 4) is 5.75 Å². The van der Waals surface area contributed by atoms with Crippen LogP contribution >= 0.6 is 0 Å². The highest BCUT2D eigenvalue weighted by Gasteiger charge is 2.27. The standard InChI is InChI=1S/C25H33N9O3S/c1-16(2)38(35,36)24-20(15-33(4)31-24)27-23-22-19(8-9-26-22)29-25(30-23)28-18-7-6-17(14-21(18)37-5)34-12-10-32(3)11-13-34/h6-9,14-16,26H,10-13H2,1-5H3,(H2,27,28,29,30). The summed E-state index contributed by atoms with van der Waals surface area (Å²) in [4.78, 5) is 17.1. The average molecular weight is 540 g/mol. The highest BCUT2D eigenvalue weighted by Crippen LogP contribution is 2.34. The summed E-state index contributed by atoms with van der Waals surface area (Å²) < 4.78 is 33.0. The van der Waals surface area contributed by atoms with Crippen LogP contribution < -0.4 is 20.3 Å². The summed E-state index contributed by atoms with van der Waals surface area (Å²) in [5.74, 6) is 1.43. The van der Waals surface area contributed by atoms with Crippen LogP contribution in [0.3, 0.4) is 0 Å². The van der Waals surface area contributed by atoms with Crippen molar-refractivity contribution in [2.75, 3.05) is 55.9 Å². The highest BCUT2D eigenvalue weighted by molar-refractivity contribution is 7.92. The van der Waals surface area contributed by atoms with Crippen molar-refractivity contribution in [1.82, 2.24) is 29.6 Å². The molecule has 0 radical (unpaired) electrons. The molecule has 12 nitrogen and oxygen atoms in total. The van der Waals surface area contributed by atoms with Crippen LogP contribution in [0.15, 0.2) is 41.7 Å². The van der Waals surface area contributed by atoms with Gasteiger partial charge in [0.2, 0.25) is 20.8 Å². The van der Waals surface area contributed by atoms with Crippen LogP contribution in [0.1, 0.15) is 13.8 Å². The molecule has 1 saturated heterocycles. The van der Waals surface area contributed by atoms with Gasteiger partial charge in [-0.05, 0) is 39.1 Å². The predicted molar refractivity (Wildman–Crippen MR) is 149 cm³/mol. The number of fused-ring (bicyclic) bond motifs is 1. The lowest BCUT2D eigenvalue weighted by Crippen LogP contribution is -2.44. The summed E-state index contributed by atoms with van der Waals surface area (Å²) in [7, 11) is 1.83. The summed E-state index contributed by atoms with van der Waals surface area (Å²) in [6.45, 7) is 7.20. The predicted octanol–water partition coefficient (Wildman–Crippen LogP) is 3.12. The van der Waals surface area contributed by atoms with E-state index in [1.54, 1.807) is 40.4 Å². The molecular weight excluding hydrogens is 506 g/mol. The summed E-state index contributed by atoms with van der Waals surface area (Å²) in [5.41, 5.74) is 3.46. The second kappa shape index (κ2) is 10.1. The van der Waals surface area contributed by atoms with Crippen LogP contribution in [0.2, 0.25) is 0 Å². The molecule has 1 aliphatic heterocycles. The largest absolute Gasteiger partial charge is 0.494 e. The third-order valence-corrected chi connectivity index (χ3v) is 8.73. The number of likely N-dealkylation sites (N-methyl/N-ethyl adjacent to an activating group) is 1. The van der Waals surface area contributed by atoms with Crippen LogP contribution in [0.5, 0.6) is 5.75 Å². The molecule has 3 aromatic heterocycles. The Kier molecular flexibility index (Phi) is 6.88. The van der Waals surface area contributed by atoms with Gasteiger partial charge in [0.05, 0.1) is 29.3 Å². The smallest absolute Gasteiger partial charge is 0.229 e. The zero-order chi connectivity index (χ0) is 27.0. The SMILES string of the molecule is COc1cc(N2CCN(C)CC2)ccc1Nc1nc(Nc2cn(C)nc2S(=O)(=O)C(C)C)c2[nH]ccc2n1. The van der Waals surface area contributed by atoms with E-state index in [0.29, 0.717) is 34.2 Å². The lowest BCUT2D eigenvalue weighted by atomic mass is 10.2. The van der Waals surface area contributed by atoms with E-state index in [0.717, 1.165) is 37.6 Å². The molecular formula is C25H33N9O3S. The number of piperazine rings is 1. The molecule has 0 unspecified atom stereocenters. The van der Waals surface area contributed by atoms with Gasteiger partial charge in [-0.25, -0.2) is 13.4 Å². The van der Waals surface area contributed by atoms with E-state index in [2.05, 4.69) is 53.6 Å². The third-order valence-electron chi connectivity index (χ3n) is 6.64. The molecule has 3 N–H and O–H groups in total. The van der Waals surface area contributed by atoms with Crippen molar-refractivity contribution in [3.63, 3.8) is 0 Å². The number of sulfone groups is 1. The summed E-state index contributed by atoms with van der Waals surface area (Å²) in [6, 6.07) is 7.86. The van der Waals surface area contributed by atoms with Crippen molar-refractivity contribution in [3.05, 3.63) is 36.7 Å². The van der Waals surface area contributed by atoms with Crippen LogP contribution in [-0.2, 0) is 16.9 Å². The Morgan fingerprint density at radius 3 is 2.50 bits per heavy atom. The van der Waals surface area contributed by atoms with Crippen molar-refractivity contribution >= 4 is 49.7 Å². The normalized spacial score (nSPS) is 14.8. The van der Waals surface area contributed by atoms with Crippen LogP contribution in [0, 0.1) is 0 Å². The highest BCUT2D eigenvalue weighted by atomic mass is 32.2. The van der Waals surface area contributed by atoms with Gasteiger partial charge in [0, 0.05) is 57.4 Å². The number of methoxy groups -OCH3 is 1. The fourth-order valence-corrected chi connectivity index (χ4v) is 5.47. The fourth-order valence-electron chi connectivity index (χ4n) is 4.37. The van der Waals surface area contributed by atoms with Gasteiger partial charge in [-0.3, -0.25) is 4.68 Å². The second-order valence-corrected chi connectivity index (χ2v) is 12.1. The van der Waals surface area contributed by atoms with Crippen molar-refractivity contribution in [2.24, 2.45) is 7.05 Å². The maximum Gasteiger partial charge on any atom is 0.229 e. The number of nitrogens with zero attached hydrogens (tertiary/aromatic N) is 6. The summed E-state index contributed by atoms with van der Waals surface area (Å²) in [6.07, 6.45) is 3.38. The van der Waals surface area contributed by atoms with E-state index < -0.39 is 15.1 Å². The van der Waals surface area contributed by atoms with E-state index >= 15 is 0 Å². The maximum atomic E-state index is 12.9. The van der Waals surface area contributed by atoms with Crippen molar-refractivity contribution in [2.45, 2.75) is 24.1 Å². The molecule has 0 atom stereocenters. The quantitative estimate of drug-likeness (QED) is 0.307. The number of ether oxygens (including phenoxy) is 1.